The molecule has 138 valence electrons. The first-order valence-corrected chi connectivity index (χ1v) is 9.07. The normalized spacial score (nSPS) is 17.0. The number of piperidine rings is 1. The van der Waals surface area contributed by atoms with Crippen molar-refractivity contribution in [2.75, 3.05) is 36.0 Å². The van der Waals surface area contributed by atoms with E-state index in [-0.39, 0.29) is 18.5 Å². The van der Waals surface area contributed by atoms with Crippen molar-refractivity contribution in [1.82, 2.24) is 14.9 Å². The fraction of sp³-hybridized carbons (Fsp3) is 0.353. The third-order valence-corrected chi connectivity index (χ3v) is 4.56. The molecule has 9 heteroatoms. The number of anilines is 3. The second kappa shape index (κ2) is 8.42. The van der Waals surface area contributed by atoms with Crippen LogP contribution in [0.4, 0.5) is 17.3 Å². The average molecular weight is 395 g/mol. The van der Waals surface area contributed by atoms with Crippen molar-refractivity contribution in [2.24, 2.45) is 0 Å². The van der Waals surface area contributed by atoms with Crippen molar-refractivity contribution in [1.29, 1.82) is 0 Å². The Bertz CT molecular complexity index is 767. The molecule has 2 aromatic rings. The number of nitrogens with one attached hydrogen (secondary N) is 2. The quantitative estimate of drug-likeness (QED) is 0.721. The first-order chi connectivity index (χ1) is 12.5. The molecule has 0 spiro atoms. The van der Waals surface area contributed by atoms with Gasteiger partial charge in [0.25, 0.3) is 0 Å². The molecule has 1 aliphatic rings. The van der Waals surface area contributed by atoms with E-state index in [4.69, 9.17) is 28.9 Å². The molecule has 1 aliphatic heterocycles. The van der Waals surface area contributed by atoms with E-state index in [1.807, 2.05) is 4.90 Å². The minimum atomic E-state index is 0.0230. The highest BCUT2D eigenvalue weighted by Crippen LogP contribution is 2.22. The molecule has 7 nitrogen and oxygen atoms in total. The molecule has 0 aliphatic carbocycles. The van der Waals surface area contributed by atoms with Gasteiger partial charge in [-0.25, -0.2) is 9.97 Å². The van der Waals surface area contributed by atoms with Gasteiger partial charge in [0.05, 0.1) is 6.54 Å². The molecular weight excluding hydrogens is 375 g/mol. The Morgan fingerprint density at radius 3 is 2.73 bits per heavy atom. The van der Waals surface area contributed by atoms with E-state index >= 15 is 0 Å². The van der Waals surface area contributed by atoms with Gasteiger partial charge in [0.1, 0.15) is 18.0 Å². The maximum Gasteiger partial charge on any atom is 0.241 e. The lowest BCUT2D eigenvalue weighted by atomic mass is 10.1. The minimum Gasteiger partial charge on any atom is -0.384 e. The molecule has 1 aromatic carbocycles. The molecule has 1 aromatic heterocycles. The van der Waals surface area contributed by atoms with Crippen LogP contribution in [0.15, 0.2) is 30.6 Å². The molecule has 0 saturated carbocycles. The number of nitrogen functional groups attached to an aromatic ring is 1. The standard InChI is InChI=1S/C17H20Cl2N6O/c18-11-4-12(19)6-14(5-11)21-8-17(26)25-3-1-2-13(9-25)24-16-7-15(20)22-10-23-16/h4-7,10,13,21H,1-3,8-9H2,(H3,20,22,23,24). The van der Waals surface area contributed by atoms with Crippen molar-refractivity contribution in [2.45, 2.75) is 18.9 Å². The van der Waals surface area contributed by atoms with Crippen LogP contribution in [-0.2, 0) is 4.79 Å². The van der Waals surface area contributed by atoms with Gasteiger partial charge in [0.2, 0.25) is 5.91 Å². The summed E-state index contributed by atoms with van der Waals surface area (Å²) in [6.07, 6.45) is 3.31. The molecule has 2 heterocycles. The summed E-state index contributed by atoms with van der Waals surface area (Å²) in [6.45, 7) is 1.53. The van der Waals surface area contributed by atoms with Crippen LogP contribution in [0.3, 0.4) is 0 Å². The van der Waals surface area contributed by atoms with Crippen LogP contribution in [0.5, 0.6) is 0 Å². The number of hydrogen-bond donors (Lipinski definition) is 3. The van der Waals surface area contributed by atoms with Crippen LogP contribution >= 0.6 is 23.2 Å². The maximum atomic E-state index is 12.5. The van der Waals surface area contributed by atoms with E-state index in [9.17, 15) is 4.79 Å². The smallest absolute Gasteiger partial charge is 0.241 e. The Morgan fingerprint density at radius 2 is 2.00 bits per heavy atom. The van der Waals surface area contributed by atoms with Crippen molar-refractivity contribution < 1.29 is 4.79 Å². The zero-order chi connectivity index (χ0) is 18.5. The average Bonchev–Trinajstić information content (AvgIpc) is 2.59. The highest BCUT2D eigenvalue weighted by atomic mass is 35.5. The zero-order valence-electron chi connectivity index (χ0n) is 14.1. The molecule has 4 N–H and O–H groups in total. The molecule has 3 rings (SSSR count). The number of amides is 1. The Balaban J connectivity index is 1.54. The topological polar surface area (TPSA) is 96.2 Å². The first kappa shape index (κ1) is 18.5. The predicted molar refractivity (Wildman–Crippen MR) is 105 cm³/mol. The Hall–Kier alpha value is -2.25. The van der Waals surface area contributed by atoms with E-state index in [1.165, 1.54) is 6.33 Å². The molecule has 1 saturated heterocycles. The van der Waals surface area contributed by atoms with Gasteiger partial charge in [-0.15, -0.1) is 0 Å². The summed E-state index contributed by atoms with van der Waals surface area (Å²) in [5.41, 5.74) is 6.39. The zero-order valence-corrected chi connectivity index (χ0v) is 15.6. The first-order valence-electron chi connectivity index (χ1n) is 8.31. The van der Waals surface area contributed by atoms with Crippen molar-refractivity contribution in [3.8, 4) is 0 Å². The SMILES string of the molecule is Nc1cc(NC2CCCN(C(=O)CNc3cc(Cl)cc(Cl)c3)C2)ncn1. The summed E-state index contributed by atoms with van der Waals surface area (Å²) in [7, 11) is 0. The van der Waals surface area contributed by atoms with Gasteiger partial charge in [-0.05, 0) is 31.0 Å². The highest BCUT2D eigenvalue weighted by Gasteiger charge is 2.23. The van der Waals surface area contributed by atoms with Gasteiger partial charge in [-0.2, -0.15) is 0 Å². The number of nitrogens with two attached hydrogens (primary N) is 1. The number of likely N-dealkylation sites (tertiary alicyclic amines) is 1. The van der Waals surface area contributed by atoms with Crippen LogP contribution in [0, 0.1) is 0 Å². The molecule has 1 fully saturated rings. The van der Waals surface area contributed by atoms with E-state index in [0.29, 0.717) is 28.2 Å². The highest BCUT2D eigenvalue weighted by molar-refractivity contribution is 6.35. The summed E-state index contributed by atoms with van der Waals surface area (Å²) in [4.78, 5) is 22.4. The number of halogens is 2. The van der Waals surface area contributed by atoms with Crippen LogP contribution in [0.1, 0.15) is 12.8 Å². The summed E-state index contributed by atoms with van der Waals surface area (Å²) < 4.78 is 0. The van der Waals surface area contributed by atoms with Gasteiger partial charge in [-0.1, -0.05) is 23.2 Å². The van der Waals surface area contributed by atoms with E-state index in [0.717, 1.165) is 25.1 Å². The van der Waals surface area contributed by atoms with Crippen molar-refractivity contribution in [3.63, 3.8) is 0 Å². The molecule has 1 amide bonds. The molecule has 0 bridgehead atoms. The maximum absolute atomic E-state index is 12.5. The number of aromatic nitrogens is 2. The third-order valence-electron chi connectivity index (χ3n) is 4.12. The van der Waals surface area contributed by atoms with Crippen LogP contribution in [0.2, 0.25) is 10.0 Å². The van der Waals surface area contributed by atoms with Gasteiger partial charge in [-0.3, -0.25) is 4.79 Å². The summed E-state index contributed by atoms with van der Waals surface area (Å²) >= 11 is 11.9. The minimum absolute atomic E-state index is 0.0230. The number of hydrogen-bond acceptors (Lipinski definition) is 6. The summed E-state index contributed by atoms with van der Waals surface area (Å²) in [5, 5.41) is 7.45. The molecular formula is C17H20Cl2N6O. The van der Waals surface area contributed by atoms with Crippen LogP contribution in [-0.4, -0.2) is 46.5 Å². The lowest BCUT2D eigenvalue weighted by molar-refractivity contribution is -0.130. The monoisotopic (exact) mass is 394 g/mol. The van der Waals surface area contributed by atoms with Crippen molar-refractivity contribution >= 4 is 46.4 Å². The summed E-state index contributed by atoms with van der Waals surface area (Å²) in [5.74, 6) is 1.11. The lowest BCUT2D eigenvalue weighted by Gasteiger charge is -2.33. The summed E-state index contributed by atoms with van der Waals surface area (Å²) in [6, 6.07) is 6.94. The number of carbonyl (C=O) groups excluding carboxylic acids is 1. The lowest BCUT2D eigenvalue weighted by Crippen LogP contribution is -2.47. The fourth-order valence-electron chi connectivity index (χ4n) is 2.93. The van der Waals surface area contributed by atoms with Crippen LogP contribution in [0.25, 0.3) is 0 Å². The van der Waals surface area contributed by atoms with Gasteiger partial charge in [0, 0.05) is 40.9 Å². The third kappa shape index (κ3) is 5.12. The Morgan fingerprint density at radius 1 is 1.23 bits per heavy atom. The molecule has 1 atom stereocenters. The van der Waals surface area contributed by atoms with Crippen molar-refractivity contribution in [3.05, 3.63) is 40.6 Å². The van der Waals surface area contributed by atoms with Gasteiger partial charge in [0.15, 0.2) is 0 Å². The second-order valence-corrected chi connectivity index (χ2v) is 7.04. The second-order valence-electron chi connectivity index (χ2n) is 6.16. The number of benzene rings is 1. The van der Waals surface area contributed by atoms with E-state index < -0.39 is 0 Å². The largest absolute Gasteiger partial charge is 0.384 e. The number of carbonyl (C=O) groups is 1. The van der Waals surface area contributed by atoms with E-state index in [2.05, 4.69) is 20.6 Å². The van der Waals surface area contributed by atoms with E-state index in [1.54, 1.807) is 24.3 Å². The molecule has 0 radical (unpaired) electrons. The number of nitrogens with zero attached hydrogens (tertiary/aromatic N) is 3. The fourth-order valence-corrected chi connectivity index (χ4v) is 3.45. The van der Waals surface area contributed by atoms with Crippen LogP contribution < -0.4 is 16.4 Å². The van der Waals surface area contributed by atoms with Gasteiger partial charge < -0.3 is 21.3 Å². The van der Waals surface area contributed by atoms with Gasteiger partial charge >= 0.3 is 0 Å². The Labute approximate surface area is 161 Å². The predicted octanol–water partition coefficient (Wildman–Crippen LogP) is 2.88. The molecule has 26 heavy (non-hydrogen) atoms. The molecule has 1 unspecified atom stereocenters. The number of rotatable bonds is 5. The Kier molecular flexibility index (Phi) is 6.00.